The second-order valence-electron chi connectivity index (χ2n) is 10.3. The van der Waals surface area contributed by atoms with Crippen LogP contribution in [0.2, 0.25) is 0 Å². The molecule has 0 fully saturated rings. The average molecular weight is 481 g/mol. The molecule has 0 radical (unpaired) electrons. The number of benzene rings is 2. The lowest BCUT2D eigenvalue weighted by Gasteiger charge is -2.28. The van der Waals surface area contributed by atoms with Crippen LogP contribution >= 0.6 is 0 Å². The smallest absolute Gasteiger partial charge is 0.407 e. The van der Waals surface area contributed by atoms with E-state index >= 15 is 0 Å². The molecular formula is C28H36N2O5. The first-order valence-corrected chi connectivity index (χ1v) is 12.2. The number of carbonyl (C=O) groups excluding carboxylic acids is 2. The first kappa shape index (κ1) is 26.3. The van der Waals surface area contributed by atoms with Gasteiger partial charge in [-0.15, -0.1) is 0 Å². The highest BCUT2D eigenvalue weighted by atomic mass is 16.5. The van der Waals surface area contributed by atoms with Crippen molar-refractivity contribution in [2.75, 3.05) is 13.2 Å². The molecule has 7 nitrogen and oxygen atoms in total. The van der Waals surface area contributed by atoms with E-state index in [1.54, 1.807) is 20.8 Å². The lowest BCUT2D eigenvalue weighted by molar-refractivity contribution is -0.147. The molecule has 2 atom stereocenters. The van der Waals surface area contributed by atoms with Gasteiger partial charge in [-0.3, -0.25) is 9.59 Å². The number of amides is 2. The van der Waals surface area contributed by atoms with Gasteiger partial charge in [-0.1, -0.05) is 62.4 Å². The van der Waals surface area contributed by atoms with E-state index in [4.69, 9.17) is 4.74 Å². The van der Waals surface area contributed by atoms with Crippen molar-refractivity contribution in [3.8, 4) is 11.1 Å². The van der Waals surface area contributed by atoms with Crippen LogP contribution in [-0.2, 0) is 14.3 Å². The Kier molecular flexibility index (Phi) is 8.20. The zero-order valence-corrected chi connectivity index (χ0v) is 21.1. The van der Waals surface area contributed by atoms with Crippen LogP contribution in [0, 0.1) is 17.3 Å². The molecule has 0 aliphatic heterocycles. The van der Waals surface area contributed by atoms with Gasteiger partial charge in [0.2, 0.25) is 5.91 Å². The van der Waals surface area contributed by atoms with Gasteiger partial charge < -0.3 is 20.5 Å². The van der Waals surface area contributed by atoms with Crippen molar-refractivity contribution in [1.29, 1.82) is 0 Å². The summed E-state index contributed by atoms with van der Waals surface area (Å²) in [6, 6.07) is 15.8. The van der Waals surface area contributed by atoms with Crippen LogP contribution < -0.4 is 10.6 Å². The molecule has 2 amide bonds. The van der Waals surface area contributed by atoms with Crippen LogP contribution in [0.5, 0.6) is 0 Å². The Morgan fingerprint density at radius 3 is 2.03 bits per heavy atom. The van der Waals surface area contributed by atoms with E-state index in [9.17, 15) is 19.5 Å². The molecule has 188 valence electrons. The maximum Gasteiger partial charge on any atom is 0.407 e. The highest BCUT2D eigenvalue weighted by Crippen LogP contribution is 2.44. The Hall–Kier alpha value is -3.35. The van der Waals surface area contributed by atoms with Crippen LogP contribution in [0.3, 0.4) is 0 Å². The SMILES string of the molecule is CC(C)C(C(=O)NCCC(C)(C)C(=O)O)C(C)NC(=O)OCC1c2ccccc2-c2ccccc21. The predicted octanol–water partition coefficient (Wildman–Crippen LogP) is 4.80. The van der Waals surface area contributed by atoms with Gasteiger partial charge in [0, 0.05) is 18.5 Å². The second kappa shape index (κ2) is 10.9. The van der Waals surface area contributed by atoms with Gasteiger partial charge in [0.15, 0.2) is 0 Å². The largest absolute Gasteiger partial charge is 0.481 e. The van der Waals surface area contributed by atoms with Crippen molar-refractivity contribution in [1.82, 2.24) is 10.6 Å². The fourth-order valence-electron chi connectivity index (χ4n) is 4.75. The van der Waals surface area contributed by atoms with Gasteiger partial charge in [-0.25, -0.2) is 4.79 Å². The summed E-state index contributed by atoms with van der Waals surface area (Å²) in [4.78, 5) is 36.8. The zero-order valence-electron chi connectivity index (χ0n) is 21.1. The molecule has 0 bridgehead atoms. The maximum absolute atomic E-state index is 12.9. The summed E-state index contributed by atoms with van der Waals surface area (Å²) < 4.78 is 5.63. The molecule has 1 aliphatic carbocycles. The van der Waals surface area contributed by atoms with E-state index in [1.165, 1.54) is 0 Å². The summed E-state index contributed by atoms with van der Waals surface area (Å²) >= 11 is 0. The van der Waals surface area contributed by atoms with Crippen molar-refractivity contribution in [2.24, 2.45) is 17.3 Å². The van der Waals surface area contributed by atoms with Gasteiger partial charge in [0.1, 0.15) is 6.61 Å². The number of ether oxygens (including phenoxy) is 1. The van der Waals surface area contributed by atoms with Crippen LogP contribution in [0.15, 0.2) is 48.5 Å². The highest BCUT2D eigenvalue weighted by Gasteiger charge is 2.32. The quantitative estimate of drug-likeness (QED) is 0.453. The van der Waals surface area contributed by atoms with E-state index in [0.29, 0.717) is 6.42 Å². The number of fused-ring (bicyclic) bond motifs is 3. The predicted molar refractivity (Wildman–Crippen MR) is 135 cm³/mol. The minimum atomic E-state index is -0.925. The van der Waals surface area contributed by atoms with Crippen molar-refractivity contribution in [3.63, 3.8) is 0 Å². The number of alkyl carbamates (subject to hydrolysis) is 1. The van der Waals surface area contributed by atoms with Gasteiger partial charge in [0.05, 0.1) is 11.3 Å². The van der Waals surface area contributed by atoms with Gasteiger partial charge >= 0.3 is 12.1 Å². The van der Waals surface area contributed by atoms with Crippen LogP contribution in [0.25, 0.3) is 11.1 Å². The van der Waals surface area contributed by atoms with Crippen LogP contribution in [-0.4, -0.2) is 42.3 Å². The number of aliphatic carboxylic acids is 1. The fraction of sp³-hybridized carbons (Fsp3) is 0.464. The normalized spacial score (nSPS) is 14.6. The Morgan fingerprint density at radius 2 is 1.51 bits per heavy atom. The third-order valence-electron chi connectivity index (χ3n) is 6.88. The van der Waals surface area contributed by atoms with E-state index in [0.717, 1.165) is 22.3 Å². The topological polar surface area (TPSA) is 105 Å². The molecule has 2 unspecified atom stereocenters. The van der Waals surface area contributed by atoms with Gasteiger partial charge in [-0.2, -0.15) is 0 Å². The zero-order chi connectivity index (χ0) is 25.8. The molecule has 0 heterocycles. The van der Waals surface area contributed by atoms with E-state index in [-0.39, 0.29) is 30.9 Å². The monoisotopic (exact) mass is 480 g/mol. The number of rotatable bonds is 10. The lowest BCUT2D eigenvalue weighted by Crippen LogP contribution is -2.48. The van der Waals surface area contributed by atoms with Crippen LogP contribution in [0.1, 0.15) is 58.1 Å². The van der Waals surface area contributed by atoms with Crippen molar-refractivity contribution in [3.05, 3.63) is 59.7 Å². The number of hydrogen-bond donors (Lipinski definition) is 3. The summed E-state index contributed by atoms with van der Waals surface area (Å²) in [5, 5.41) is 14.9. The van der Waals surface area contributed by atoms with Crippen molar-refractivity contribution in [2.45, 2.75) is 53.0 Å². The van der Waals surface area contributed by atoms with E-state index in [2.05, 4.69) is 34.9 Å². The van der Waals surface area contributed by atoms with Crippen molar-refractivity contribution < 1.29 is 24.2 Å². The third-order valence-corrected chi connectivity index (χ3v) is 6.88. The minimum Gasteiger partial charge on any atom is -0.481 e. The fourth-order valence-corrected chi connectivity index (χ4v) is 4.75. The molecule has 2 aromatic carbocycles. The Morgan fingerprint density at radius 1 is 0.971 bits per heavy atom. The summed E-state index contributed by atoms with van der Waals surface area (Å²) in [5.74, 6) is -1.68. The number of carbonyl (C=O) groups is 3. The molecule has 0 saturated heterocycles. The van der Waals surface area contributed by atoms with E-state index < -0.39 is 29.4 Å². The molecule has 0 aromatic heterocycles. The van der Waals surface area contributed by atoms with Gasteiger partial charge in [0.25, 0.3) is 0 Å². The van der Waals surface area contributed by atoms with E-state index in [1.807, 2.05) is 38.1 Å². The maximum atomic E-state index is 12.9. The third kappa shape index (κ3) is 6.02. The minimum absolute atomic E-state index is 0.0358. The molecule has 1 aliphatic rings. The Bertz CT molecular complexity index is 1030. The summed E-state index contributed by atoms with van der Waals surface area (Å²) in [6.07, 6.45) is -0.252. The molecule has 0 spiro atoms. The average Bonchev–Trinajstić information content (AvgIpc) is 3.11. The number of carboxylic acid groups (broad SMARTS) is 1. The molecule has 0 saturated carbocycles. The summed E-state index contributed by atoms with van der Waals surface area (Å²) in [5.41, 5.74) is 3.67. The standard InChI is InChI=1S/C28H36N2O5/c1-17(2)24(25(31)29-15-14-28(4,5)26(32)33)18(3)30-27(34)35-16-23-21-12-8-6-10-19(21)20-11-7-9-13-22(20)23/h6-13,17-18,23-24H,14-16H2,1-5H3,(H,29,31)(H,30,34)(H,32,33). The number of carboxylic acids is 1. The summed E-state index contributed by atoms with van der Waals surface area (Å²) in [6.45, 7) is 9.33. The molecular weight excluding hydrogens is 444 g/mol. The number of hydrogen-bond acceptors (Lipinski definition) is 4. The van der Waals surface area contributed by atoms with Gasteiger partial charge in [-0.05, 0) is 55.4 Å². The first-order chi connectivity index (χ1) is 16.5. The lowest BCUT2D eigenvalue weighted by atomic mass is 9.87. The Labute approximate surface area is 207 Å². The molecule has 3 N–H and O–H groups in total. The molecule has 35 heavy (non-hydrogen) atoms. The molecule has 7 heteroatoms. The molecule has 2 aromatic rings. The first-order valence-electron chi connectivity index (χ1n) is 12.2. The second-order valence-corrected chi connectivity index (χ2v) is 10.3. The Balaban J connectivity index is 1.58. The number of nitrogens with one attached hydrogen (secondary N) is 2. The summed E-state index contributed by atoms with van der Waals surface area (Å²) in [7, 11) is 0. The van der Waals surface area contributed by atoms with Crippen molar-refractivity contribution >= 4 is 18.0 Å². The van der Waals surface area contributed by atoms with Crippen LogP contribution in [0.4, 0.5) is 4.79 Å². The highest BCUT2D eigenvalue weighted by molar-refractivity contribution is 5.81. The molecule has 3 rings (SSSR count).